The Balaban J connectivity index is 1.84. The van der Waals surface area contributed by atoms with Crippen molar-refractivity contribution in [2.24, 2.45) is 14.1 Å². The van der Waals surface area contributed by atoms with Gasteiger partial charge in [-0.3, -0.25) is 18.6 Å². The van der Waals surface area contributed by atoms with Gasteiger partial charge in [-0.15, -0.1) is 0 Å². The molecule has 1 N–H and O–H groups in total. The van der Waals surface area contributed by atoms with Gasteiger partial charge in [-0.05, 0) is 31.6 Å². The fraction of sp³-hybridized carbons (Fsp3) is 0.529. The van der Waals surface area contributed by atoms with Crippen molar-refractivity contribution in [3.63, 3.8) is 0 Å². The summed E-state index contributed by atoms with van der Waals surface area (Å²) in [6.07, 6.45) is 6.13. The SMILES string of the molecule is Cn1c(=O)c2cc(P(C)ONC3CCCCC3)ccc2n(C)c1=O. The van der Waals surface area contributed by atoms with Gasteiger partial charge in [0.25, 0.3) is 5.56 Å². The second-order valence-corrected chi connectivity index (χ2v) is 8.14. The molecule has 1 atom stereocenters. The zero-order chi connectivity index (χ0) is 17.3. The van der Waals surface area contributed by atoms with E-state index < -0.39 is 8.15 Å². The minimum absolute atomic E-state index is 0.265. The molecule has 24 heavy (non-hydrogen) atoms. The summed E-state index contributed by atoms with van der Waals surface area (Å²) in [6, 6.07) is 6.05. The van der Waals surface area contributed by atoms with Crippen LogP contribution in [0, 0.1) is 0 Å². The highest BCUT2D eigenvalue weighted by Gasteiger charge is 2.16. The smallest absolute Gasteiger partial charge is 0.296 e. The van der Waals surface area contributed by atoms with E-state index in [0.717, 1.165) is 22.7 Å². The summed E-state index contributed by atoms with van der Waals surface area (Å²) >= 11 is 0. The number of aromatic nitrogens is 2. The van der Waals surface area contributed by atoms with Crippen LogP contribution in [0.4, 0.5) is 0 Å². The summed E-state index contributed by atoms with van der Waals surface area (Å²) in [7, 11) is 2.33. The summed E-state index contributed by atoms with van der Waals surface area (Å²) in [6.45, 7) is 2.03. The molecule has 2 aromatic rings. The molecule has 0 amide bonds. The molecule has 1 fully saturated rings. The quantitative estimate of drug-likeness (QED) is 0.675. The lowest BCUT2D eigenvalue weighted by Gasteiger charge is -2.24. The summed E-state index contributed by atoms with van der Waals surface area (Å²) in [5, 5.41) is 1.53. The Morgan fingerprint density at radius 2 is 1.83 bits per heavy atom. The Bertz CT molecular complexity index is 853. The number of nitrogens with one attached hydrogen (secondary N) is 1. The monoisotopic (exact) mass is 349 g/mol. The van der Waals surface area contributed by atoms with Gasteiger partial charge in [0.05, 0.1) is 19.1 Å². The van der Waals surface area contributed by atoms with Gasteiger partial charge in [0.15, 0.2) is 0 Å². The van der Waals surface area contributed by atoms with Crippen molar-refractivity contribution in [1.82, 2.24) is 14.6 Å². The minimum atomic E-state index is -0.860. The highest BCUT2D eigenvalue weighted by Crippen LogP contribution is 2.31. The molecular weight excluding hydrogens is 325 g/mol. The number of rotatable bonds is 4. The second kappa shape index (κ2) is 7.18. The van der Waals surface area contributed by atoms with E-state index in [9.17, 15) is 9.59 Å². The predicted octanol–water partition coefficient (Wildman–Crippen LogP) is 1.74. The fourth-order valence-electron chi connectivity index (χ4n) is 3.21. The van der Waals surface area contributed by atoms with Gasteiger partial charge in [-0.25, -0.2) is 4.79 Å². The summed E-state index contributed by atoms with van der Waals surface area (Å²) in [5.74, 6) is 0. The number of aryl methyl sites for hydroxylation is 1. The lowest BCUT2D eigenvalue weighted by atomic mass is 9.96. The first-order chi connectivity index (χ1) is 11.5. The van der Waals surface area contributed by atoms with Gasteiger partial charge in [0.2, 0.25) is 0 Å². The topological polar surface area (TPSA) is 65.3 Å². The van der Waals surface area contributed by atoms with Gasteiger partial charge in [-0.2, -0.15) is 5.48 Å². The molecule has 1 saturated carbocycles. The van der Waals surface area contributed by atoms with Crippen molar-refractivity contribution < 1.29 is 4.62 Å². The molecule has 1 aliphatic carbocycles. The number of benzene rings is 1. The standard InChI is InChI=1S/C17H24N3O3P/c1-19-15-10-9-13(11-14(15)16(21)20(2)17(19)22)24(3)23-18-12-7-5-4-6-8-12/h9-12,18H,4-8H2,1-3H3. The van der Waals surface area contributed by atoms with Crippen LogP contribution in [-0.4, -0.2) is 21.8 Å². The Labute approximate surface area is 142 Å². The van der Waals surface area contributed by atoms with E-state index in [1.807, 2.05) is 24.9 Å². The van der Waals surface area contributed by atoms with Crippen LogP contribution in [0.25, 0.3) is 10.9 Å². The van der Waals surface area contributed by atoms with E-state index in [-0.39, 0.29) is 11.2 Å². The summed E-state index contributed by atoms with van der Waals surface area (Å²) in [5.41, 5.74) is 3.28. The predicted molar refractivity (Wildman–Crippen MR) is 98.0 cm³/mol. The van der Waals surface area contributed by atoms with E-state index in [0.29, 0.717) is 16.9 Å². The molecule has 7 heteroatoms. The first kappa shape index (κ1) is 17.3. The maximum Gasteiger partial charge on any atom is 0.330 e. The number of hydrogen-bond donors (Lipinski definition) is 1. The largest absolute Gasteiger partial charge is 0.330 e. The fourth-order valence-corrected chi connectivity index (χ4v) is 4.21. The molecule has 0 radical (unpaired) electrons. The first-order valence-electron chi connectivity index (χ1n) is 8.35. The molecule has 1 aromatic carbocycles. The third-order valence-corrected chi connectivity index (χ3v) is 6.16. The maximum absolute atomic E-state index is 12.4. The van der Waals surface area contributed by atoms with Crippen LogP contribution >= 0.6 is 8.15 Å². The first-order valence-corrected chi connectivity index (χ1v) is 10.1. The maximum atomic E-state index is 12.4. The minimum Gasteiger partial charge on any atom is -0.296 e. The van der Waals surface area contributed by atoms with Crippen LogP contribution in [0.5, 0.6) is 0 Å². The lowest BCUT2D eigenvalue weighted by Crippen LogP contribution is -2.37. The van der Waals surface area contributed by atoms with Crippen molar-refractivity contribution in [3.8, 4) is 0 Å². The summed E-state index contributed by atoms with van der Waals surface area (Å²) in [4.78, 5) is 24.4. The van der Waals surface area contributed by atoms with Crippen molar-refractivity contribution in [1.29, 1.82) is 0 Å². The van der Waals surface area contributed by atoms with E-state index in [1.54, 1.807) is 7.05 Å². The van der Waals surface area contributed by atoms with Crippen LogP contribution in [0.1, 0.15) is 32.1 Å². The average molecular weight is 349 g/mol. The lowest BCUT2D eigenvalue weighted by molar-refractivity contribution is 0.153. The average Bonchev–Trinajstić information content (AvgIpc) is 2.63. The van der Waals surface area contributed by atoms with Crippen LogP contribution < -0.4 is 22.0 Å². The van der Waals surface area contributed by atoms with Gasteiger partial charge < -0.3 is 0 Å². The van der Waals surface area contributed by atoms with Gasteiger partial charge in [0, 0.05) is 25.4 Å². The van der Waals surface area contributed by atoms with E-state index >= 15 is 0 Å². The molecular formula is C17H24N3O3P. The summed E-state index contributed by atoms with van der Waals surface area (Å²) < 4.78 is 8.52. The highest BCUT2D eigenvalue weighted by molar-refractivity contribution is 7.60. The third kappa shape index (κ3) is 3.32. The van der Waals surface area contributed by atoms with Crippen LogP contribution in [0.3, 0.4) is 0 Å². The molecule has 0 bridgehead atoms. The molecule has 0 spiro atoms. The molecule has 3 rings (SSSR count). The zero-order valence-electron chi connectivity index (χ0n) is 14.4. The van der Waals surface area contributed by atoms with Crippen molar-refractivity contribution >= 4 is 24.4 Å². The van der Waals surface area contributed by atoms with E-state index in [2.05, 4.69) is 5.48 Å². The van der Waals surface area contributed by atoms with Crippen LogP contribution in [0.15, 0.2) is 27.8 Å². The Morgan fingerprint density at radius 1 is 1.12 bits per heavy atom. The number of fused-ring (bicyclic) bond motifs is 1. The van der Waals surface area contributed by atoms with E-state index in [1.165, 1.54) is 30.9 Å². The molecule has 1 unspecified atom stereocenters. The Kier molecular flexibility index (Phi) is 5.18. The normalized spacial score (nSPS) is 17.3. The van der Waals surface area contributed by atoms with Gasteiger partial charge >= 0.3 is 5.69 Å². The van der Waals surface area contributed by atoms with Crippen molar-refractivity contribution in [2.45, 2.75) is 38.1 Å². The highest BCUT2D eigenvalue weighted by atomic mass is 31.1. The van der Waals surface area contributed by atoms with Crippen LogP contribution in [-0.2, 0) is 18.7 Å². The van der Waals surface area contributed by atoms with Crippen LogP contribution in [0.2, 0.25) is 0 Å². The third-order valence-electron chi connectivity index (χ3n) is 4.78. The zero-order valence-corrected chi connectivity index (χ0v) is 15.3. The Hall–Kier alpha value is -1.49. The number of hydrogen-bond acceptors (Lipinski definition) is 4. The van der Waals surface area contributed by atoms with E-state index in [4.69, 9.17) is 4.62 Å². The Morgan fingerprint density at radius 3 is 2.54 bits per heavy atom. The molecule has 0 aliphatic heterocycles. The molecule has 6 nitrogen and oxygen atoms in total. The number of nitrogens with zero attached hydrogens (tertiary/aromatic N) is 2. The molecule has 1 aliphatic rings. The second-order valence-electron chi connectivity index (χ2n) is 6.45. The molecule has 1 heterocycles. The number of hydroxylamine groups is 1. The van der Waals surface area contributed by atoms with Gasteiger partial charge in [0.1, 0.15) is 0 Å². The van der Waals surface area contributed by atoms with Crippen molar-refractivity contribution in [3.05, 3.63) is 39.0 Å². The molecule has 0 saturated heterocycles. The molecule has 1 aromatic heterocycles. The molecule has 130 valence electrons. The van der Waals surface area contributed by atoms with Gasteiger partial charge in [-0.1, -0.05) is 25.3 Å². The van der Waals surface area contributed by atoms with Crippen molar-refractivity contribution in [2.75, 3.05) is 6.66 Å².